The summed E-state index contributed by atoms with van der Waals surface area (Å²) in [6.07, 6.45) is 0. The Bertz CT molecular complexity index is 639. The van der Waals surface area contributed by atoms with Gasteiger partial charge in [0.1, 0.15) is 17.5 Å². The zero-order chi connectivity index (χ0) is 14.7. The summed E-state index contributed by atoms with van der Waals surface area (Å²) in [6.45, 7) is 1.60. The molecule has 6 heteroatoms. The third-order valence-electron chi connectivity index (χ3n) is 2.64. The Morgan fingerprint density at radius 1 is 1.00 bits per heavy atom. The number of nitrogens with one attached hydrogen (secondary N) is 2. The van der Waals surface area contributed by atoms with Crippen LogP contribution in [0.4, 0.5) is 24.5 Å². The van der Waals surface area contributed by atoms with E-state index < -0.39 is 11.6 Å². The van der Waals surface area contributed by atoms with Crippen molar-refractivity contribution < 1.29 is 13.2 Å². The topological polar surface area (TPSA) is 24.1 Å². The molecule has 0 fully saturated rings. The molecule has 0 saturated heterocycles. The fraction of sp³-hybridized carbons (Fsp3) is 0.0714. The van der Waals surface area contributed by atoms with Crippen LogP contribution in [0.3, 0.4) is 0 Å². The number of hydrogen-bond donors (Lipinski definition) is 2. The van der Waals surface area contributed by atoms with E-state index in [2.05, 4.69) is 10.6 Å². The van der Waals surface area contributed by atoms with Crippen LogP contribution in [0.5, 0.6) is 0 Å². The minimum Gasteiger partial charge on any atom is -0.332 e. The van der Waals surface area contributed by atoms with E-state index in [0.717, 1.165) is 18.2 Å². The molecule has 0 aliphatic heterocycles. The Labute approximate surface area is 119 Å². The van der Waals surface area contributed by atoms with Gasteiger partial charge in [-0.15, -0.1) is 0 Å². The number of anilines is 2. The largest absolute Gasteiger partial charge is 0.332 e. The smallest absolute Gasteiger partial charge is 0.175 e. The zero-order valence-electron chi connectivity index (χ0n) is 10.5. The highest BCUT2D eigenvalue weighted by Crippen LogP contribution is 2.18. The lowest BCUT2D eigenvalue weighted by molar-refractivity contribution is 0.584. The van der Waals surface area contributed by atoms with E-state index in [4.69, 9.17) is 12.2 Å². The van der Waals surface area contributed by atoms with Crippen LogP contribution in [0.2, 0.25) is 0 Å². The van der Waals surface area contributed by atoms with Gasteiger partial charge in [-0.3, -0.25) is 0 Å². The van der Waals surface area contributed by atoms with Gasteiger partial charge in [-0.1, -0.05) is 6.07 Å². The SMILES string of the molecule is Cc1c(F)cccc1NC(=S)Nc1cc(F)cc(F)c1. The van der Waals surface area contributed by atoms with Crippen LogP contribution in [0.15, 0.2) is 36.4 Å². The predicted octanol–water partition coefficient (Wildman–Crippen LogP) is 4.22. The van der Waals surface area contributed by atoms with Gasteiger partial charge in [-0.2, -0.15) is 0 Å². The number of hydrogen-bond acceptors (Lipinski definition) is 1. The van der Waals surface area contributed by atoms with E-state index in [0.29, 0.717) is 11.3 Å². The third kappa shape index (κ3) is 3.48. The standard InChI is InChI=1S/C14H11F3N2S/c1-8-12(17)3-2-4-13(8)19-14(20)18-11-6-9(15)5-10(16)7-11/h2-7H,1H3,(H2,18,19,20). The maximum Gasteiger partial charge on any atom is 0.175 e. The Kier molecular flexibility index (Phi) is 4.24. The van der Waals surface area contributed by atoms with Crippen LogP contribution >= 0.6 is 12.2 Å². The highest BCUT2D eigenvalue weighted by Gasteiger charge is 2.06. The normalized spacial score (nSPS) is 10.2. The van der Waals surface area contributed by atoms with Gasteiger partial charge in [0.05, 0.1) is 0 Å². The summed E-state index contributed by atoms with van der Waals surface area (Å²) in [5.74, 6) is -1.79. The van der Waals surface area contributed by atoms with E-state index in [1.165, 1.54) is 12.1 Å². The minimum absolute atomic E-state index is 0.115. The fourth-order valence-electron chi connectivity index (χ4n) is 1.65. The van der Waals surface area contributed by atoms with Crippen LogP contribution in [-0.2, 0) is 0 Å². The monoisotopic (exact) mass is 296 g/mol. The second kappa shape index (κ2) is 5.92. The lowest BCUT2D eigenvalue weighted by Crippen LogP contribution is -2.20. The molecule has 2 rings (SSSR count). The maximum absolute atomic E-state index is 13.4. The maximum atomic E-state index is 13.4. The van der Waals surface area contributed by atoms with Gasteiger partial charge in [0.2, 0.25) is 0 Å². The van der Waals surface area contributed by atoms with Gasteiger partial charge in [0.25, 0.3) is 0 Å². The second-order valence-electron chi connectivity index (χ2n) is 4.15. The highest BCUT2D eigenvalue weighted by atomic mass is 32.1. The quantitative estimate of drug-likeness (QED) is 0.811. The summed E-state index contributed by atoms with van der Waals surface area (Å²) >= 11 is 5.02. The second-order valence-corrected chi connectivity index (χ2v) is 4.56. The Morgan fingerprint density at radius 3 is 2.30 bits per heavy atom. The van der Waals surface area contributed by atoms with Gasteiger partial charge in [0.15, 0.2) is 5.11 Å². The number of benzene rings is 2. The molecule has 2 aromatic rings. The van der Waals surface area contributed by atoms with Crippen molar-refractivity contribution in [1.82, 2.24) is 0 Å². The summed E-state index contributed by atoms with van der Waals surface area (Å²) in [5.41, 5.74) is 1.07. The zero-order valence-corrected chi connectivity index (χ0v) is 11.3. The van der Waals surface area contributed by atoms with Gasteiger partial charge < -0.3 is 10.6 Å². The molecule has 0 saturated carbocycles. The fourth-order valence-corrected chi connectivity index (χ4v) is 1.88. The third-order valence-corrected chi connectivity index (χ3v) is 2.84. The van der Waals surface area contributed by atoms with E-state index >= 15 is 0 Å². The lowest BCUT2D eigenvalue weighted by atomic mass is 10.2. The summed E-state index contributed by atoms with van der Waals surface area (Å²) in [4.78, 5) is 0. The van der Waals surface area contributed by atoms with Crippen molar-refractivity contribution in [3.63, 3.8) is 0 Å². The first-order valence-corrected chi connectivity index (χ1v) is 6.16. The van der Waals surface area contributed by atoms with Crippen molar-refractivity contribution in [2.24, 2.45) is 0 Å². The molecular formula is C14H11F3N2S. The first-order chi connectivity index (χ1) is 9.45. The van der Waals surface area contributed by atoms with Gasteiger partial charge >= 0.3 is 0 Å². The molecule has 0 spiro atoms. The first kappa shape index (κ1) is 14.3. The van der Waals surface area contributed by atoms with E-state index in [1.54, 1.807) is 13.0 Å². The molecule has 0 aliphatic rings. The molecule has 0 aromatic heterocycles. The number of halogens is 3. The van der Waals surface area contributed by atoms with Crippen molar-refractivity contribution >= 4 is 28.7 Å². The molecule has 0 amide bonds. The average molecular weight is 296 g/mol. The molecule has 2 nitrogen and oxygen atoms in total. The van der Waals surface area contributed by atoms with Crippen LogP contribution < -0.4 is 10.6 Å². The van der Waals surface area contributed by atoms with Gasteiger partial charge in [0, 0.05) is 23.0 Å². The van der Waals surface area contributed by atoms with Gasteiger partial charge in [-0.25, -0.2) is 13.2 Å². The molecule has 0 unspecified atom stereocenters. The van der Waals surface area contributed by atoms with E-state index in [1.807, 2.05) is 0 Å². The van der Waals surface area contributed by atoms with E-state index in [-0.39, 0.29) is 16.6 Å². The molecule has 0 heterocycles. The first-order valence-electron chi connectivity index (χ1n) is 5.75. The van der Waals surface area contributed by atoms with E-state index in [9.17, 15) is 13.2 Å². The Balaban J connectivity index is 2.11. The molecule has 104 valence electrons. The van der Waals surface area contributed by atoms with Crippen LogP contribution in [0.25, 0.3) is 0 Å². The van der Waals surface area contributed by atoms with Crippen molar-refractivity contribution in [2.45, 2.75) is 6.92 Å². The van der Waals surface area contributed by atoms with Crippen LogP contribution in [0.1, 0.15) is 5.56 Å². The van der Waals surface area contributed by atoms with Gasteiger partial charge in [-0.05, 0) is 43.4 Å². The minimum atomic E-state index is -0.711. The summed E-state index contributed by atoms with van der Waals surface area (Å²) in [5, 5.41) is 5.53. The van der Waals surface area contributed by atoms with Crippen LogP contribution in [-0.4, -0.2) is 5.11 Å². The molecule has 20 heavy (non-hydrogen) atoms. The highest BCUT2D eigenvalue weighted by molar-refractivity contribution is 7.80. The predicted molar refractivity (Wildman–Crippen MR) is 77.3 cm³/mol. The Hall–Kier alpha value is -2.08. The molecule has 0 aliphatic carbocycles. The van der Waals surface area contributed by atoms with Crippen molar-refractivity contribution in [1.29, 1.82) is 0 Å². The summed E-state index contributed by atoms with van der Waals surface area (Å²) in [6, 6.07) is 7.50. The molecular weight excluding hydrogens is 285 g/mol. The molecule has 0 radical (unpaired) electrons. The van der Waals surface area contributed by atoms with Crippen molar-refractivity contribution in [3.8, 4) is 0 Å². The number of thiocarbonyl (C=S) groups is 1. The Morgan fingerprint density at radius 2 is 1.65 bits per heavy atom. The molecule has 0 bridgehead atoms. The van der Waals surface area contributed by atoms with Crippen LogP contribution in [0, 0.1) is 24.4 Å². The molecule has 0 atom stereocenters. The van der Waals surface area contributed by atoms with Crippen molar-refractivity contribution in [2.75, 3.05) is 10.6 Å². The summed E-state index contributed by atoms with van der Waals surface area (Å²) in [7, 11) is 0. The molecule has 2 N–H and O–H groups in total. The average Bonchev–Trinajstić information content (AvgIpc) is 2.33. The molecule has 2 aromatic carbocycles. The lowest BCUT2D eigenvalue weighted by Gasteiger charge is -2.13. The van der Waals surface area contributed by atoms with Crippen molar-refractivity contribution in [3.05, 3.63) is 59.4 Å². The number of rotatable bonds is 2. The summed E-state index contributed by atoms with van der Waals surface area (Å²) < 4.78 is 39.4.